The number of nitrogens with zero attached hydrogens (tertiary/aromatic N) is 5. The molecule has 1 saturated heterocycles. The van der Waals surface area contributed by atoms with Crippen LogP contribution in [0.2, 0.25) is 18.1 Å². The van der Waals surface area contributed by atoms with E-state index in [1.165, 1.54) is 12.1 Å². The third-order valence-electron chi connectivity index (χ3n) is 11.8. The van der Waals surface area contributed by atoms with E-state index in [0.29, 0.717) is 56.6 Å². The Labute approximate surface area is 354 Å². The van der Waals surface area contributed by atoms with E-state index in [1.807, 2.05) is 44.2 Å². The first-order valence-electron chi connectivity index (χ1n) is 20.5. The first-order valence-corrected chi connectivity index (χ1v) is 23.0. The molecule has 0 bridgehead atoms. The van der Waals surface area contributed by atoms with Gasteiger partial charge in [0.05, 0.1) is 25.2 Å². The molecule has 0 spiro atoms. The van der Waals surface area contributed by atoms with Crippen LogP contribution in [0.25, 0.3) is 33.0 Å². The molecule has 3 aromatic rings. The van der Waals surface area contributed by atoms with Gasteiger partial charge in [0.1, 0.15) is 42.5 Å². The van der Waals surface area contributed by atoms with Gasteiger partial charge in [-0.1, -0.05) is 69.2 Å². The lowest BCUT2D eigenvalue weighted by atomic mass is 9.77. The Morgan fingerprint density at radius 1 is 0.951 bits per heavy atom. The Hall–Kier alpha value is -6.41. The Bertz CT molecular complexity index is 2550. The average Bonchev–Trinajstić information content (AvgIpc) is 3.52. The van der Waals surface area contributed by atoms with Crippen LogP contribution in [0.5, 0.6) is 17.2 Å². The molecule has 0 saturated carbocycles. The highest BCUT2D eigenvalue weighted by molar-refractivity contribution is 6.73. The number of hydrogen-bond acceptors (Lipinski definition) is 11. The Balaban J connectivity index is 1.04. The van der Waals surface area contributed by atoms with Gasteiger partial charge in [-0.05, 0) is 89.8 Å². The van der Waals surface area contributed by atoms with Crippen molar-refractivity contribution in [2.75, 3.05) is 13.7 Å². The van der Waals surface area contributed by atoms with Crippen LogP contribution in [0.15, 0.2) is 117 Å². The summed E-state index contributed by atoms with van der Waals surface area (Å²) in [5.74, 6) is 0.675. The summed E-state index contributed by atoms with van der Waals surface area (Å²) in [4.78, 5) is 48.6. The number of methoxy groups -OCH3 is 1. The minimum absolute atomic E-state index is 0.0291. The van der Waals surface area contributed by atoms with Gasteiger partial charge in [0.25, 0.3) is 0 Å². The fraction of sp³-hybridized carbons (Fsp3) is 0.348. The molecule has 61 heavy (non-hydrogen) atoms. The number of carbonyl (C=O) groups excluding carboxylic acids is 2. The molecule has 0 radical (unpaired) electrons. The number of ether oxygens (including phenoxy) is 4. The molecule has 1 fully saturated rings. The largest absolute Gasteiger partial charge is 0.493 e. The molecule has 4 atom stereocenters. The summed E-state index contributed by atoms with van der Waals surface area (Å²) in [5, 5.41) is 3.59. The molecule has 0 aromatic heterocycles. The Kier molecular flexibility index (Phi) is 12.9. The summed E-state index contributed by atoms with van der Waals surface area (Å²) in [7, 11) is -0.447. The van der Waals surface area contributed by atoms with E-state index in [-0.39, 0.29) is 54.9 Å². The molecule has 3 heterocycles. The first kappa shape index (κ1) is 42.7. The van der Waals surface area contributed by atoms with Crippen molar-refractivity contribution in [3.05, 3.63) is 134 Å². The van der Waals surface area contributed by atoms with E-state index in [0.717, 1.165) is 23.7 Å². The number of carbonyl (C=O) groups is 2. The molecule has 3 aliphatic heterocycles. The fourth-order valence-corrected chi connectivity index (χ4v) is 11.2. The molecule has 0 N–H and O–H groups in total. The number of benzene rings is 4. The van der Waals surface area contributed by atoms with E-state index in [4.69, 9.17) is 33.3 Å². The van der Waals surface area contributed by atoms with E-state index in [9.17, 15) is 14.4 Å². The molecule has 0 unspecified atom stereocenters. The SMILES string of the molecule is CC[Si](CC)(CC)O[C@H](C)[C@H]1C(=O)N2C(C(=O)OCc3ccc(N=[N+]=[N-])cc3)=C(/C=C/COc3ccc(COc4ccc5nc6ccc(=O)cc-6oc5c4)cc3OC)[C@H](C)[C@H]12. The predicted octanol–water partition coefficient (Wildman–Crippen LogP) is 9.64. The lowest BCUT2D eigenvalue weighted by Gasteiger charge is -2.49. The van der Waals surface area contributed by atoms with Crippen molar-refractivity contribution in [3.8, 4) is 28.7 Å². The molecule has 1 amide bonds. The Morgan fingerprint density at radius 2 is 1.70 bits per heavy atom. The maximum absolute atomic E-state index is 14.0. The highest BCUT2D eigenvalue weighted by Crippen LogP contribution is 2.49. The zero-order valence-corrected chi connectivity index (χ0v) is 36.1. The second-order valence-corrected chi connectivity index (χ2v) is 20.0. The highest BCUT2D eigenvalue weighted by atomic mass is 28.4. The van der Waals surface area contributed by atoms with Gasteiger partial charge in [-0.2, -0.15) is 0 Å². The van der Waals surface area contributed by atoms with Crippen LogP contribution in [0.3, 0.4) is 0 Å². The van der Waals surface area contributed by atoms with Crippen LogP contribution in [-0.4, -0.2) is 55.9 Å². The monoisotopic (exact) mass is 843 g/mol. The van der Waals surface area contributed by atoms with Gasteiger partial charge in [-0.3, -0.25) is 9.59 Å². The van der Waals surface area contributed by atoms with Crippen LogP contribution < -0.4 is 19.6 Å². The molecule has 15 heteroatoms. The van der Waals surface area contributed by atoms with Crippen molar-refractivity contribution in [1.29, 1.82) is 0 Å². The second kappa shape index (κ2) is 18.5. The summed E-state index contributed by atoms with van der Waals surface area (Å²) in [5.41, 5.74) is 13.2. The molecule has 7 rings (SSSR count). The lowest BCUT2D eigenvalue weighted by molar-refractivity contribution is -0.163. The van der Waals surface area contributed by atoms with Crippen molar-refractivity contribution in [2.45, 2.75) is 78.1 Å². The maximum Gasteiger partial charge on any atom is 0.355 e. The molecule has 14 nitrogen and oxygen atoms in total. The van der Waals surface area contributed by atoms with E-state index >= 15 is 0 Å². The molecule has 3 aromatic carbocycles. The number of fused-ring (bicyclic) bond motifs is 3. The maximum atomic E-state index is 14.0. The van der Waals surface area contributed by atoms with E-state index in [1.54, 1.807) is 60.5 Å². The van der Waals surface area contributed by atoms with Crippen LogP contribution in [0, 0.1) is 11.8 Å². The fourth-order valence-electron chi connectivity index (χ4n) is 8.26. The third-order valence-corrected chi connectivity index (χ3v) is 16.6. The standard InChI is InChI=1S/C46H49N5O9Si/c1-7-61(8-2,9-3)60-29(5)42-43-28(4)35(44(51(43)45(42)53)46(54)58-26-30-12-15-32(16-13-30)49-50-47)11-10-22-56-38-21-14-31(23-41(38)55-6)27-57-34-18-20-37-40(25-34)59-39-24-33(52)17-19-36(39)48-37/h10-21,23-25,28-29,42-43H,7-9,22,26-27H2,1-6H3/b11-10+/t28-,29+,42+,43+/m0/s1. The van der Waals surface area contributed by atoms with Crippen LogP contribution in [-0.2, 0) is 32.0 Å². The van der Waals surface area contributed by atoms with Gasteiger partial charge in [-0.25, -0.2) is 9.78 Å². The molecular weight excluding hydrogens is 795 g/mol. The third kappa shape index (κ3) is 8.90. The van der Waals surface area contributed by atoms with Gasteiger partial charge in [0.2, 0.25) is 5.91 Å². The number of hydrogen-bond donors (Lipinski definition) is 0. The number of amides is 1. The summed E-state index contributed by atoms with van der Waals surface area (Å²) in [6.07, 6.45) is 3.37. The Morgan fingerprint density at radius 3 is 2.43 bits per heavy atom. The van der Waals surface area contributed by atoms with Crippen molar-refractivity contribution < 1.29 is 37.4 Å². The van der Waals surface area contributed by atoms with Crippen LogP contribution in [0.1, 0.15) is 45.7 Å². The molecule has 316 valence electrons. The number of aromatic nitrogens is 1. The second-order valence-electron chi connectivity index (χ2n) is 15.3. The quantitative estimate of drug-likeness (QED) is 0.0157. The zero-order chi connectivity index (χ0) is 43.3. The van der Waals surface area contributed by atoms with Gasteiger partial charge in [-0.15, -0.1) is 0 Å². The van der Waals surface area contributed by atoms with Gasteiger partial charge in [0, 0.05) is 28.6 Å². The molecular formula is C46H49N5O9Si. The van der Waals surface area contributed by atoms with Crippen molar-refractivity contribution in [1.82, 2.24) is 9.88 Å². The summed E-state index contributed by atoms with van der Waals surface area (Å²) in [6, 6.07) is 24.8. The summed E-state index contributed by atoms with van der Waals surface area (Å²) >= 11 is 0. The number of allylic oxidation sites excluding steroid dienone is 1. The normalized spacial score (nSPS) is 17.9. The smallest absolute Gasteiger partial charge is 0.355 e. The predicted molar refractivity (Wildman–Crippen MR) is 232 cm³/mol. The average molecular weight is 844 g/mol. The van der Waals surface area contributed by atoms with Crippen molar-refractivity contribution >= 4 is 37.0 Å². The molecule has 4 aliphatic rings. The number of esters is 1. The number of azide groups is 1. The summed E-state index contributed by atoms with van der Waals surface area (Å²) < 4.78 is 36.4. The number of rotatable bonds is 18. The van der Waals surface area contributed by atoms with Gasteiger partial charge in [0.15, 0.2) is 36.6 Å². The number of β-lactam (4-membered cyclic amide) rings is 1. The summed E-state index contributed by atoms with van der Waals surface area (Å²) in [6.45, 7) is 10.9. The topological polar surface area (TPSA) is 175 Å². The van der Waals surface area contributed by atoms with Crippen LogP contribution >= 0.6 is 0 Å². The molecule has 1 aliphatic carbocycles. The van der Waals surface area contributed by atoms with Gasteiger partial charge < -0.3 is 32.7 Å². The van der Waals surface area contributed by atoms with E-state index < -0.39 is 20.2 Å². The minimum Gasteiger partial charge on any atom is -0.493 e. The zero-order valence-electron chi connectivity index (χ0n) is 35.1. The van der Waals surface area contributed by atoms with Crippen LogP contribution in [0.4, 0.5) is 5.69 Å². The van der Waals surface area contributed by atoms with Gasteiger partial charge >= 0.3 is 5.97 Å². The van der Waals surface area contributed by atoms with Crippen molar-refractivity contribution in [3.63, 3.8) is 0 Å². The highest BCUT2D eigenvalue weighted by Gasteiger charge is 2.60. The van der Waals surface area contributed by atoms with E-state index in [2.05, 4.69) is 35.8 Å². The van der Waals surface area contributed by atoms with Crippen molar-refractivity contribution in [2.24, 2.45) is 17.0 Å². The first-order chi connectivity index (χ1) is 29.5. The lowest BCUT2D eigenvalue weighted by Crippen LogP contribution is -2.65. The minimum atomic E-state index is -2.01.